The van der Waals surface area contributed by atoms with Gasteiger partial charge in [0.05, 0.1) is 5.69 Å². The van der Waals surface area contributed by atoms with E-state index in [9.17, 15) is 0 Å². The third-order valence-electron chi connectivity index (χ3n) is 2.30. The van der Waals surface area contributed by atoms with E-state index in [1.807, 2.05) is 6.07 Å². The van der Waals surface area contributed by atoms with Gasteiger partial charge >= 0.3 is 0 Å². The van der Waals surface area contributed by atoms with Crippen LogP contribution in [0.4, 0.5) is 0 Å². The van der Waals surface area contributed by atoms with Crippen LogP contribution in [0.2, 0.25) is 0 Å². The highest BCUT2D eigenvalue weighted by Gasteiger charge is 2.51. The minimum Gasteiger partial charge on any atom is -0.245 e. The van der Waals surface area contributed by atoms with Crippen LogP contribution in [-0.2, 0) is 5.41 Å². The number of aromatic nitrogens is 2. The van der Waals surface area contributed by atoms with Gasteiger partial charge in [-0.1, -0.05) is 6.92 Å². The van der Waals surface area contributed by atoms with Crippen molar-refractivity contribution < 1.29 is 0 Å². The minimum absolute atomic E-state index is 0.116. The molecule has 1 aromatic rings. The predicted octanol–water partition coefficient (Wildman–Crippen LogP) is 1.75. The Morgan fingerprint density at radius 1 is 1.73 bits per heavy atom. The van der Waals surface area contributed by atoms with Crippen molar-refractivity contribution in [3.8, 4) is 0 Å². The summed E-state index contributed by atoms with van der Waals surface area (Å²) < 4.78 is 0. The third-order valence-corrected chi connectivity index (χ3v) is 2.94. The molecule has 2 unspecified atom stereocenters. The van der Waals surface area contributed by atoms with E-state index >= 15 is 0 Å². The van der Waals surface area contributed by atoms with Crippen molar-refractivity contribution >= 4 is 11.6 Å². The Morgan fingerprint density at radius 2 is 2.45 bits per heavy atom. The zero-order valence-electron chi connectivity index (χ0n) is 6.29. The van der Waals surface area contributed by atoms with Gasteiger partial charge in [0.15, 0.2) is 0 Å². The molecule has 2 rings (SSSR count). The van der Waals surface area contributed by atoms with E-state index in [1.165, 1.54) is 0 Å². The van der Waals surface area contributed by atoms with Gasteiger partial charge in [0.2, 0.25) is 0 Å². The van der Waals surface area contributed by atoms with Crippen LogP contribution < -0.4 is 0 Å². The molecule has 0 aromatic carbocycles. The molecule has 2 nitrogen and oxygen atoms in total. The van der Waals surface area contributed by atoms with Gasteiger partial charge in [-0.05, 0) is 12.5 Å². The third kappa shape index (κ3) is 1.02. The molecule has 0 aliphatic heterocycles. The fourth-order valence-electron chi connectivity index (χ4n) is 1.21. The van der Waals surface area contributed by atoms with E-state index in [2.05, 4.69) is 16.9 Å². The van der Waals surface area contributed by atoms with Crippen LogP contribution in [0.25, 0.3) is 0 Å². The summed E-state index contributed by atoms with van der Waals surface area (Å²) in [5.41, 5.74) is 1.18. The Labute approximate surface area is 70.6 Å². The summed E-state index contributed by atoms with van der Waals surface area (Å²) in [6, 6.07) is 1.93. The molecule has 58 valence electrons. The van der Waals surface area contributed by atoms with Crippen molar-refractivity contribution in [2.24, 2.45) is 0 Å². The molecule has 1 aromatic heterocycles. The van der Waals surface area contributed by atoms with E-state index < -0.39 is 0 Å². The van der Waals surface area contributed by atoms with Crippen molar-refractivity contribution in [2.45, 2.75) is 24.1 Å². The Balaban J connectivity index is 2.32. The van der Waals surface area contributed by atoms with E-state index in [0.717, 1.165) is 12.1 Å². The molecule has 0 bridgehead atoms. The van der Waals surface area contributed by atoms with Gasteiger partial charge in [-0.25, -0.2) is 9.97 Å². The maximum absolute atomic E-state index is 5.97. The summed E-state index contributed by atoms with van der Waals surface area (Å²) in [5.74, 6) is 0. The number of hydrogen-bond acceptors (Lipinski definition) is 2. The lowest BCUT2D eigenvalue weighted by Gasteiger charge is -2.05. The fourth-order valence-corrected chi connectivity index (χ4v) is 1.64. The summed E-state index contributed by atoms with van der Waals surface area (Å²) in [5, 5.41) is 0.261. The maximum atomic E-state index is 5.97. The molecule has 1 saturated carbocycles. The molecule has 0 radical (unpaired) electrons. The number of hydrogen-bond donors (Lipinski definition) is 0. The SMILES string of the molecule is CC1(c2ccncn2)CC1Cl. The predicted molar refractivity (Wildman–Crippen MR) is 43.6 cm³/mol. The first-order valence-corrected chi connectivity index (χ1v) is 4.08. The monoisotopic (exact) mass is 168 g/mol. The van der Waals surface area contributed by atoms with Gasteiger partial charge in [-0.15, -0.1) is 11.6 Å². The topological polar surface area (TPSA) is 25.8 Å². The molecule has 1 aliphatic rings. The van der Waals surface area contributed by atoms with Crippen molar-refractivity contribution in [3.63, 3.8) is 0 Å². The first-order chi connectivity index (χ1) is 5.23. The van der Waals surface area contributed by atoms with Gasteiger partial charge < -0.3 is 0 Å². The number of nitrogens with zero attached hydrogens (tertiary/aromatic N) is 2. The lowest BCUT2D eigenvalue weighted by atomic mass is 10.1. The van der Waals surface area contributed by atoms with Gasteiger partial charge in [0, 0.05) is 17.0 Å². The molecule has 1 aliphatic carbocycles. The highest BCUT2D eigenvalue weighted by atomic mass is 35.5. The summed E-state index contributed by atoms with van der Waals surface area (Å²) >= 11 is 5.97. The fraction of sp³-hybridized carbons (Fsp3) is 0.500. The summed E-state index contributed by atoms with van der Waals surface area (Å²) in [6.45, 7) is 2.13. The average molecular weight is 169 g/mol. The largest absolute Gasteiger partial charge is 0.245 e. The highest BCUT2D eigenvalue weighted by molar-refractivity contribution is 6.23. The summed E-state index contributed by atoms with van der Waals surface area (Å²) in [6.07, 6.45) is 4.36. The molecule has 0 saturated heterocycles. The molecule has 11 heavy (non-hydrogen) atoms. The van der Waals surface area contributed by atoms with Gasteiger partial charge in [-0.3, -0.25) is 0 Å². The standard InChI is InChI=1S/C8H9ClN2/c1-8(4-6(8)9)7-2-3-10-5-11-7/h2-3,5-6H,4H2,1H3. The Bertz CT molecular complexity index is 262. The number of alkyl halides is 1. The van der Waals surface area contributed by atoms with Gasteiger partial charge in [0.1, 0.15) is 6.33 Å². The summed E-state index contributed by atoms with van der Waals surface area (Å²) in [4.78, 5) is 8.02. The van der Waals surface area contributed by atoms with E-state index in [1.54, 1.807) is 12.5 Å². The molecule has 1 fully saturated rings. The molecule has 3 heteroatoms. The van der Waals surface area contributed by atoms with Crippen molar-refractivity contribution in [1.29, 1.82) is 0 Å². The smallest absolute Gasteiger partial charge is 0.115 e. The lowest BCUT2D eigenvalue weighted by Crippen LogP contribution is -2.06. The Hall–Kier alpha value is -0.630. The molecule has 1 heterocycles. The van der Waals surface area contributed by atoms with Crippen molar-refractivity contribution in [1.82, 2.24) is 9.97 Å². The minimum atomic E-state index is 0.116. The molecule has 0 amide bonds. The van der Waals surface area contributed by atoms with E-state index in [4.69, 9.17) is 11.6 Å². The van der Waals surface area contributed by atoms with Crippen LogP contribution >= 0.6 is 11.6 Å². The second-order valence-electron chi connectivity index (χ2n) is 3.18. The quantitative estimate of drug-likeness (QED) is 0.597. The van der Waals surface area contributed by atoms with E-state index in [-0.39, 0.29) is 10.8 Å². The Kier molecular flexibility index (Phi) is 1.39. The molecular weight excluding hydrogens is 160 g/mol. The van der Waals surface area contributed by atoms with Crippen LogP contribution in [0.15, 0.2) is 18.6 Å². The lowest BCUT2D eigenvalue weighted by molar-refractivity contribution is 0.746. The normalized spacial score (nSPS) is 35.3. The summed E-state index contributed by atoms with van der Waals surface area (Å²) in [7, 11) is 0. The van der Waals surface area contributed by atoms with Crippen LogP contribution in [-0.4, -0.2) is 15.3 Å². The molecular formula is C8H9ClN2. The second-order valence-corrected chi connectivity index (χ2v) is 3.71. The average Bonchev–Trinajstić information content (AvgIpc) is 2.64. The highest BCUT2D eigenvalue weighted by Crippen LogP contribution is 2.50. The molecule has 2 atom stereocenters. The zero-order valence-corrected chi connectivity index (χ0v) is 7.04. The number of halogens is 1. The molecule has 0 N–H and O–H groups in total. The van der Waals surface area contributed by atoms with Crippen molar-refractivity contribution in [3.05, 3.63) is 24.3 Å². The van der Waals surface area contributed by atoms with Crippen molar-refractivity contribution in [2.75, 3.05) is 0 Å². The van der Waals surface area contributed by atoms with Crippen LogP contribution in [0.5, 0.6) is 0 Å². The Morgan fingerprint density at radius 3 is 2.91 bits per heavy atom. The maximum Gasteiger partial charge on any atom is 0.115 e. The van der Waals surface area contributed by atoms with Gasteiger partial charge in [-0.2, -0.15) is 0 Å². The van der Waals surface area contributed by atoms with Gasteiger partial charge in [0.25, 0.3) is 0 Å². The molecule has 0 spiro atoms. The first-order valence-electron chi connectivity index (χ1n) is 3.64. The second kappa shape index (κ2) is 2.18. The van der Waals surface area contributed by atoms with Crippen LogP contribution in [0.3, 0.4) is 0 Å². The van der Waals surface area contributed by atoms with Crippen LogP contribution in [0.1, 0.15) is 19.0 Å². The van der Waals surface area contributed by atoms with E-state index in [0.29, 0.717) is 0 Å². The zero-order chi connectivity index (χ0) is 7.90. The number of rotatable bonds is 1. The van der Waals surface area contributed by atoms with Crippen LogP contribution in [0, 0.1) is 0 Å². The first kappa shape index (κ1) is 7.04.